The molecule has 4 aromatic heterocycles. The molecule has 0 saturated carbocycles. The summed E-state index contributed by atoms with van der Waals surface area (Å²) in [6, 6.07) is 1.20. The van der Waals surface area contributed by atoms with Crippen LogP contribution in [0.5, 0.6) is 0 Å². The number of amides is 1. The molecular formula is C94H162Br2Cl6N14O21S3. The van der Waals surface area contributed by atoms with E-state index in [1.54, 1.807) is 61.3 Å². The zero-order chi connectivity index (χ0) is 104. The van der Waals surface area contributed by atoms with Crippen molar-refractivity contribution in [2.24, 2.45) is 62.6 Å². The molecule has 1 amide bonds. The summed E-state index contributed by atoms with van der Waals surface area (Å²) in [5, 5.41) is 19.8. The number of carboxylic acid groups (broad SMARTS) is 1. The maximum Gasteiger partial charge on any atom is 0.384 e. The first-order valence-electron chi connectivity index (χ1n) is 47.1. The van der Waals surface area contributed by atoms with Gasteiger partial charge < -0.3 is 72.9 Å². The number of rotatable bonds is 19. The summed E-state index contributed by atoms with van der Waals surface area (Å²) in [6.07, 6.45) is 20.2. The third-order valence-corrected chi connectivity index (χ3v) is 29.4. The van der Waals surface area contributed by atoms with Crippen molar-refractivity contribution in [1.82, 2.24) is 49.7 Å². The molecule has 4 unspecified atom stereocenters. The van der Waals surface area contributed by atoms with Crippen molar-refractivity contribution in [1.29, 1.82) is 0 Å². The number of halogens is 8. The highest BCUT2D eigenvalue weighted by Gasteiger charge is 2.33. The smallest absolute Gasteiger partial charge is 0.384 e. The van der Waals surface area contributed by atoms with Crippen molar-refractivity contribution >= 4 is 188 Å². The number of hydrogen-bond acceptors (Lipinski definition) is 29. The molecule has 0 aliphatic carbocycles. The number of aliphatic carboxylic acids is 1. The largest absolute Gasteiger partial charge is 0.481 e. The van der Waals surface area contributed by atoms with Crippen molar-refractivity contribution in [2.45, 2.75) is 273 Å². The summed E-state index contributed by atoms with van der Waals surface area (Å²) < 4.78 is 96.0. The summed E-state index contributed by atoms with van der Waals surface area (Å²) in [4.78, 5) is 88.1. The second-order valence-corrected chi connectivity index (χ2v) is 45.0. The van der Waals surface area contributed by atoms with Crippen LogP contribution in [0.3, 0.4) is 0 Å². The minimum Gasteiger partial charge on any atom is -0.481 e. The number of nitrogens with zero attached hydrogens (tertiary/aromatic N) is 9. The fraction of sp³-hybridized carbons (Fsp3) is 0.766. The molecule has 7 atom stereocenters. The first-order valence-corrected chi connectivity index (χ1v) is 53.6. The van der Waals surface area contributed by atoms with E-state index >= 15 is 0 Å². The Hall–Kier alpha value is -4.05. The maximum absolute atomic E-state index is 12.4. The lowest BCUT2D eigenvalue weighted by Gasteiger charge is -2.30. The minimum absolute atomic E-state index is 0. The quantitative estimate of drug-likeness (QED) is 0.00965. The van der Waals surface area contributed by atoms with Crippen molar-refractivity contribution in [3.8, 4) is 11.8 Å². The van der Waals surface area contributed by atoms with E-state index < -0.39 is 44.9 Å². The summed E-state index contributed by atoms with van der Waals surface area (Å²) in [6.45, 7) is 49.8. The number of carbonyl (C=O) groups excluding carboxylic acids is 4. The van der Waals surface area contributed by atoms with Gasteiger partial charge in [-0.3, -0.25) is 24.4 Å². The Labute approximate surface area is 889 Å². The van der Waals surface area contributed by atoms with Gasteiger partial charge in [-0.15, -0.1) is 24.8 Å². The third kappa shape index (κ3) is 58.6. The Morgan fingerprint density at radius 3 is 1.31 bits per heavy atom. The fourth-order valence-corrected chi connectivity index (χ4v) is 16.5. The van der Waals surface area contributed by atoms with E-state index in [1.807, 2.05) is 76.2 Å². The van der Waals surface area contributed by atoms with Gasteiger partial charge in [0.15, 0.2) is 0 Å². The Morgan fingerprint density at radius 2 is 0.957 bits per heavy atom. The number of aromatic nitrogens is 7. The zero-order valence-corrected chi connectivity index (χ0v) is 96.6. The summed E-state index contributed by atoms with van der Waals surface area (Å²) in [7, 11) is 3.15. The Balaban J connectivity index is 0. The van der Waals surface area contributed by atoms with Crippen molar-refractivity contribution < 1.29 is 98.7 Å². The normalized spacial score (nSPS) is 18.4. The average molecular weight is 2290 g/mol. The number of carbonyl (C=O) groups is 5. The molecule has 46 heteroatoms. The zero-order valence-electron chi connectivity index (χ0n) is 86.3. The Bertz CT molecular complexity index is 4260. The lowest BCUT2D eigenvalue weighted by Crippen LogP contribution is -2.43. The van der Waals surface area contributed by atoms with Gasteiger partial charge in [-0.1, -0.05) is 17.5 Å². The number of anilines is 1. The molecule has 0 aromatic carbocycles. The lowest BCUT2D eigenvalue weighted by atomic mass is 9.92. The second-order valence-electron chi connectivity index (χ2n) is 36.2. The second kappa shape index (κ2) is 77.3. The highest BCUT2D eigenvalue weighted by molar-refractivity contribution is 9.11. The van der Waals surface area contributed by atoms with Gasteiger partial charge in [-0.05, 0) is 325 Å². The van der Waals surface area contributed by atoms with E-state index in [9.17, 15) is 36.6 Å². The molecule has 8 saturated heterocycles. The number of fused-ring (bicyclic) bond motifs is 1. The molecule has 8 fully saturated rings. The Kier molecular flexibility index (Phi) is 76.2. The SMILES string of the molecule is CC#CC(=O)OCC.CC(=N[S@](=O)C(C)(C)C)C1CCOCC1.CC(=O)C1CCOCC1.CC(C)(C)[S@](N)=O.CC(N)C1CCOCC1.CC(N[S@](=O)C(C)(C)C)C1CCOCC1.CC(Nc1nc(Cl)ncc1Br)C1CCOCC1.CCOC(=O)c1c(C)n(C(C)C2CCOCC2)c2nc(Cl)ncc12.CNOC.CON(C)C(=O)C1CCOCC1.Cl.Cl.Clc1ncc(Br)c(Cl)n1.O=C(O)C1CCOCC1. The van der Waals surface area contributed by atoms with Gasteiger partial charge in [0.2, 0.25) is 21.8 Å². The van der Waals surface area contributed by atoms with Crippen LogP contribution in [0.2, 0.25) is 21.0 Å². The average Bonchev–Trinajstić information content (AvgIpc) is 1.60. The predicted molar refractivity (Wildman–Crippen MR) is 570 cm³/mol. The van der Waals surface area contributed by atoms with Crippen LogP contribution in [-0.2, 0) is 109 Å². The topological polar surface area (TPSA) is 454 Å². The van der Waals surface area contributed by atoms with E-state index in [0.717, 1.165) is 191 Å². The van der Waals surface area contributed by atoms with Gasteiger partial charge in [0, 0.05) is 198 Å². The molecular weight excluding hydrogens is 2130 g/mol. The number of nitrogens with one attached hydrogen (secondary N) is 3. The number of ketones is 1. The van der Waals surface area contributed by atoms with Crippen molar-refractivity contribution in [3.63, 3.8) is 0 Å². The first kappa shape index (κ1) is 138. The molecule has 0 bridgehead atoms. The van der Waals surface area contributed by atoms with Crippen LogP contribution in [0.25, 0.3) is 11.0 Å². The van der Waals surface area contributed by atoms with Gasteiger partial charge in [-0.25, -0.2) is 57.4 Å². The minimum atomic E-state index is -1.18. The van der Waals surface area contributed by atoms with E-state index in [1.165, 1.54) is 18.4 Å². The number of hydrogen-bond donors (Lipinski definition) is 6. The van der Waals surface area contributed by atoms with Gasteiger partial charge in [0.05, 0.1) is 89.5 Å². The van der Waals surface area contributed by atoms with Crippen LogP contribution in [0.4, 0.5) is 5.82 Å². The van der Waals surface area contributed by atoms with Crippen LogP contribution in [0, 0.1) is 66.1 Å². The summed E-state index contributed by atoms with van der Waals surface area (Å²) in [5.41, 5.74) is 11.2. The molecule has 35 nitrogen and oxygen atoms in total. The fourth-order valence-electron chi connectivity index (χ4n) is 13.8. The van der Waals surface area contributed by atoms with Crippen molar-refractivity contribution in [2.75, 3.05) is 153 Å². The highest BCUT2D eigenvalue weighted by Crippen LogP contribution is 2.36. The standard InChI is InChI=1S/C17H22ClN3O3.C11H15BrClN3O.C11H23NO2S.C11H21NO2S.C8H15NO3.C7H15NO.C7H12O2.C6H10O3.C6H8O2.C4HBrCl2N2.C4H11NOS.C2H7NO.2ClH/c1-4-24-16(22)14-11(3)21(10(2)12-5-7-23-8-6-12)15-13(14)9-19-17(18)20-15;1-7(8-2-4-17-5-3-8)15-10-9(12)6-14-11(13)16-10;2*1-9(10-5-7-14-8-6-10)12-15(13)11(2,3)4;1-9(11-2)8(10)7-3-5-12-6-4-7;2*1-6(8)7-2-4-9-5-3-7;7-6(8)5-1-3-9-4-2-5;1-3-5-6(7)8-4-2;5-2-1-8-4(7)9-3(2)6;1-4(2,3)7(5)6;1-3-4-2;;/h9-10,12H,4-8H2,1-3H3;6-8H,2-5H2,1H3,(H,14,15,16);9-10,12H,5-8H2,1-4H3;10H,5-8H2,1-4H3;7H,3-6H2,1-2H3;6-7H,2-5,8H2,1H3;7H,2-5H2,1H3;5H,1-4H2,(H,7,8);4H2,1-2H3;1H;5H2,1-3H3;3H,1-2H3;2*1H/t;;9?,15-;15-;;;;;;;7-;;;/m..11......1.../s1. The van der Waals surface area contributed by atoms with Crippen molar-refractivity contribution in [3.05, 3.63) is 59.8 Å². The van der Waals surface area contributed by atoms with Crippen LogP contribution in [0.1, 0.15) is 249 Å². The van der Waals surface area contributed by atoms with E-state index in [-0.39, 0.29) is 84.7 Å². The molecule has 4 aromatic rings. The number of carboxylic acids is 1. The molecule has 8 aliphatic heterocycles. The first-order chi connectivity index (χ1) is 65.1. The number of hydroxylamine groups is 3. The monoisotopic (exact) mass is 2290 g/mol. The van der Waals surface area contributed by atoms with E-state index in [0.29, 0.717) is 138 Å². The molecule has 0 radical (unpaired) electrons. The molecule has 8 aliphatic rings. The molecule has 140 heavy (non-hydrogen) atoms. The maximum atomic E-state index is 12.4. The number of nitrogens with two attached hydrogens (primary N) is 2. The lowest BCUT2D eigenvalue weighted by molar-refractivity contribution is -0.176. The predicted octanol–water partition coefficient (Wildman–Crippen LogP) is 17.7. The number of Topliss-reactive ketones (excluding diaryl/α,β-unsaturated/α-hetero) is 1. The van der Waals surface area contributed by atoms with Crippen LogP contribution in [0.15, 0.2) is 31.9 Å². The number of esters is 2. The molecule has 8 N–H and O–H groups in total. The van der Waals surface area contributed by atoms with Gasteiger partial charge in [0.25, 0.3) is 0 Å². The van der Waals surface area contributed by atoms with Gasteiger partial charge in [-0.2, -0.15) is 14.4 Å². The molecule has 12 heterocycles. The van der Waals surface area contributed by atoms with E-state index in [4.69, 9.17) is 110 Å². The highest BCUT2D eigenvalue weighted by atomic mass is 79.9. The third-order valence-electron chi connectivity index (χ3n) is 22.7. The van der Waals surface area contributed by atoms with Crippen LogP contribution >= 0.6 is 103 Å². The summed E-state index contributed by atoms with van der Waals surface area (Å²) in [5.74, 6) is 7.40. The van der Waals surface area contributed by atoms with Gasteiger partial charge >= 0.3 is 17.9 Å². The molecule has 0 spiro atoms. The molecule has 12 rings (SSSR count). The van der Waals surface area contributed by atoms with E-state index in [2.05, 4.69) is 135 Å². The molecule has 808 valence electrons. The van der Waals surface area contributed by atoms with Crippen LogP contribution < -0.4 is 26.4 Å². The number of ether oxygens (including phenoxy) is 10. The summed E-state index contributed by atoms with van der Waals surface area (Å²) >= 11 is 29.2. The van der Waals surface area contributed by atoms with Gasteiger partial charge in [0.1, 0.15) is 33.4 Å². The van der Waals surface area contributed by atoms with Crippen LogP contribution in [-0.4, -0.2) is 272 Å². The Morgan fingerprint density at radius 1 is 0.579 bits per heavy atom.